The molecule has 0 radical (unpaired) electrons. The van der Waals surface area contributed by atoms with Gasteiger partial charge in [0, 0.05) is 18.7 Å². The molecule has 1 heterocycles. The molecule has 0 saturated heterocycles. The van der Waals surface area contributed by atoms with Crippen LogP contribution in [0.2, 0.25) is 0 Å². The summed E-state index contributed by atoms with van der Waals surface area (Å²) in [6.45, 7) is 0. The predicted molar refractivity (Wildman–Crippen MR) is 64.2 cm³/mol. The van der Waals surface area contributed by atoms with Gasteiger partial charge in [-0.05, 0) is 24.3 Å². The van der Waals surface area contributed by atoms with E-state index in [1.54, 1.807) is 55.4 Å². The number of rotatable bonds is 3. The summed E-state index contributed by atoms with van der Waals surface area (Å²) in [6, 6.07) is 8.66. The number of aromatic nitrogens is 2. The van der Waals surface area contributed by atoms with E-state index in [9.17, 15) is 4.79 Å². The summed E-state index contributed by atoms with van der Waals surface area (Å²) in [5.74, 6) is 1.21. The Morgan fingerprint density at radius 3 is 2.53 bits per heavy atom. The second-order valence-corrected chi connectivity index (χ2v) is 3.52. The highest BCUT2D eigenvalue weighted by Gasteiger charge is 2.07. The SMILES string of the molecule is COc1ccc(C(=O)Nc2ccnn2C)cc1. The number of amides is 1. The zero-order chi connectivity index (χ0) is 12.3. The molecule has 0 spiro atoms. The first-order valence-corrected chi connectivity index (χ1v) is 5.14. The summed E-state index contributed by atoms with van der Waals surface area (Å²) in [5.41, 5.74) is 0.576. The van der Waals surface area contributed by atoms with Crippen molar-refractivity contribution in [3.63, 3.8) is 0 Å². The molecule has 0 aliphatic heterocycles. The van der Waals surface area contributed by atoms with Gasteiger partial charge in [-0.2, -0.15) is 5.10 Å². The molecule has 0 unspecified atom stereocenters. The molecule has 0 fully saturated rings. The van der Waals surface area contributed by atoms with E-state index in [2.05, 4.69) is 10.4 Å². The molecule has 17 heavy (non-hydrogen) atoms. The van der Waals surface area contributed by atoms with E-state index < -0.39 is 0 Å². The van der Waals surface area contributed by atoms with E-state index in [1.165, 1.54) is 0 Å². The van der Waals surface area contributed by atoms with Crippen molar-refractivity contribution in [3.8, 4) is 5.75 Å². The number of nitrogens with zero attached hydrogens (tertiary/aromatic N) is 2. The number of ether oxygens (including phenoxy) is 1. The summed E-state index contributed by atoms with van der Waals surface area (Å²) in [6.07, 6.45) is 1.63. The van der Waals surface area contributed by atoms with Crippen LogP contribution in [-0.4, -0.2) is 22.8 Å². The van der Waals surface area contributed by atoms with Gasteiger partial charge in [-0.25, -0.2) is 0 Å². The van der Waals surface area contributed by atoms with E-state index >= 15 is 0 Å². The van der Waals surface area contributed by atoms with Gasteiger partial charge in [0.2, 0.25) is 0 Å². The van der Waals surface area contributed by atoms with Crippen molar-refractivity contribution in [3.05, 3.63) is 42.1 Å². The van der Waals surface area contributed by atoms with Crippen molar-refractivity contribution in [1.29, 1.82) is 0 Å². The standard InChI is InChI=1S/C12H13N3O2/c1-15-11(7-8-13-15)14-12(16)9-3-5-10(17-2)6-4-9/h3-8H,1-2H3,(H,14,16). The third-order valence-electron chi connectivity index (χ3n) is 2.41. The second kappa shape index (κ2) is 4.69. The van der Waals surface area contributed by atoms with Crippen LogP contribution in [0.4, 0.5) is 5.82 Å². The Hall–Kier alpha value is -2.30. The first-order chi connectivity index (χ1) is 8.20. The number of anilines is 1. The van der Waals surface area contributed by atoms with Crippen molar-refractivity contribution < 1.29 is 9.53 Å². The zero-order valence-corrected chi connectivity index (χ0v) is 9.68. The van der Waals surface area contributed by atoms with Crippen LogP contribution in [0.25, 0.3) is 0 Å². The fraction of sp³-hybridized carbons (Fsp3) is 0.167. The molecule has 5 nitrogen and oxygen atoms in total. The average Bonchev–Trinajstić information content (AvgIpc) is 2.75. The maximum atomic E-state index is 11.9. The molecule has 88 valence electrons. The quantitative estimate of drug-likeness (QED) is 0.874. The Labute approximate surface area is 99.0 Å². The van der Waals surface area contributed by atoms with Crippen molar-refractivity contribution in [1.82, 2.24) is 9.78 Å². The van der Waals surface area contributed by atoms with Crippen LogP contribution >= 0.6 is 0 Å². The average molecular weight is 231 g/mol. The predicted octanol–water partition coefficient (Wildman–Crippen LogP) is 1.68. The molecule has 0 aliphatic carbocycles. The van der Waals surface area contributed by atoms with Crippen LogP contribution in [0.3, 0.4) is 0 Å². The van der Waals surface area contributed by atoms with Gasteiger partial charge in [0.25, 0.3) is 5.91 Å². The maximum Gasteiger partial charge on any atom is 0.256 e. The minimum Gasteiger partial charge on any atom is -0.497 e. The van der Waals surface area contributed by atoms with Crippen LogP contribution in [0, 0.1) is 0 Å². The van der Waals surface area contributed by atoms with Crippen molar-refractivity contribution in [2.24, 2.45) is 7.05 Å². The highest BCUT2D eigenvalue weighted by Crippen LogP contribution is 2.13. The molecular weight excluding hydrogens is 218 g/mol. The molecule has 2 rings (SSSR count). The number of carbonyl (C=O) groups excluding carboxylic acids is 1. The van der Waals surface area contributed by atoms with Gasteiger partial charge in [0.15, 0.2) is 0 Å². The van der Waals surface area contributed by atoms with Crippen LogP contribution in [0.15, 0.2) is 36.5 Å². The fourth-order valence-electron chi connectivity index (χ4n) is 1.43. The Kier molecular flexibility index (Phi) is 3.09. The lowest BCUT2D eigenvalue weighted by Crippen LogP contribution is -2.14. The van der Waals surface area contributed by atoms with E-state index in [0.717, 1.165) is 5.75 Å². The van der Waals surface area contributed by atoms with E-state index in [1.807, 2.05) is 0 Å². The first-order valence-electron chi connectivity index (χ1n) is 5.14. The lowest BCUT2D eigenvalue weighted by Gasteiger charge is -2.05. The summed E-state index contributed by atoms with van der Waals surface area (Å²) in [5, 5.41) is 6.74. The Bertz CT molecular complexity index is 517. The molecule has 0 bridgehead atoms. The Morgan fingerprint density at radius 1 is 1.29 bits per heavy atom. The molecule has 0 atom stereocenters. The Morgan fingerprint density at radius 2 is 2.00 bits per heavy atom. The number of nitrogens with one attached hydrogen (secondary N) is 1. The number of hydrogen-bond acceptors (Lipinski definition) is 3. The van der Waals surface area contributed by atoms with Gasteiger partial charge in [-0.15, -0.1) is 0 Å². The molecule has 0 saturated carbocycles. The number of methoxy groups -OCH3 is 1. The Balaban J connectivity index is 2.12. The summed E-state index contributed by atoms with van der Waals surface area (Å²) >= 11 is 0. The van der Waals surface area contributed by atoms with Gasteiger partial charge in [0.1, 0.15) is 11.6 Å². The zero-order valence-electron chi connectivity index (χ0n) is 9.68. The molecule has 2 aromatic rings. The van der Waals surface area contributed by atoms with Crippen molar-refractivity contribution >= 4 is 11.7 Å². The normalized spacial score (nSPS) is 10.0. The maximum absolute atomic E-state index is 11.9. The van der Waals surface area contributed by atoms with Crippen LogP contribution in [-0.2, 0) is 7.05 Å². The summed E-state index contributed by atoms with van der Waals surface area (Å²) in [7, 11) is 3.36. The first kappa shape index (κ1) is 11.2. The fourth-order valence-corrected chi connectivity index (χ4v) is 1.43. The van der Waals surface area contributed by atoms with Crippen LogP contribution < -0.4 is 10.1 Å². The third kappa shape index (κ3) is 2.44. The molecule has 1 amide bonds. The molecule has 5 heteroatoms. The molecule has 0 aliphatic rings. The molecular formula is C12H13N3O2. The lowest BCUT2D eigenvalue weighted by atomic mass is 10.2. The summed E-state index contributed by atoms with van der Waals surface area (Å²) < 4.78 is 6.63. The lowest BCUT2D eigenvalue weighted by molar-refractivity contribution is 0.102. The van der Waals surface area contributed by atoms with Gasteiger partial charge >= 0.3 is 0 Å². The largest absolute Gasteiger partial charge is 0.497 e. The second-order valence-electron chi connectivity index (χ2n) is 3.52. The smallest absolute Gasteiger partial charge is 0.256 e. The number of carbonyl (C=O) groups is 1. The number of benzene rings is 1. The van der Waals surface area contributed by atoms with E-state index in [-0.39, 0.29) is 5.91 Å². The van der Waals surface area contributed by atoms with Crippen molar-refractivity contribution in [2.75, 3.05) is 12.4 Å². The van der Waals surface area contributed by atoms with Crippen molar-refractivity contribution in [2.45, 2.75) is 0 Å². The van der Waals surface area contributed by atoms with Crippen LogP contribution in [0.5, 0.6) is 5.75 Å². The monoisotopic (exact) mass is 231 g/mol. The minimum atomic E-state index is -0.170. The van der Waals surface area contributed by atoms with Gasteiger partial charge in [-0.1, -0.05) is 0 Å². The highest BCUT2D eigenvalue weighted by molar-refractivity contribution is 6.03. The molecule has 1 aromatic carbocycles. The van der Waals surface area contributed by atoms with Gasteiger partial charge in [0.05, 0.1) is 13.3 Å². The van der Waals surface area contributed by atoms with Gasteiger partial charge < -0.3 is 10.1 Å². The summed E-state index contributed by atoms with van der Waals surface area (Å²) in [4.78, 5) is 11.9. The number of aryl methyl sites for hydroxylation is 1. The van der Waals surface area contributed by atoms with E-state index in [0.29, 0.717) is 11.4 Å². The van der Waals surface area contributed by atoms with Gasteiger partial charge in [-0.3, -0.25) is 9.48 Å². The highest BCUT2D eigenvalue weighted by atomic mass is 16.5. The van der Waals surface area contributed by atoms with E-state index in [4.69, 9.17) is 4.74 Å². The minimum absolute atomic E-state index is 0.170. The number of hydrogen-bond donors (Lipinski definition) is 1. The topological polar surface area (TPSA) is 56.1 Å². The third-order valence-corrected chi connectivity index (χ3v) is 2.41. The molecule has 1 aromatic heterocycles. The van der Waals surface area contributed by atoms with Crippen LogP contribution in [0.1, 0.15) is 10.4 Å². The molecule has 1 N–H and O–H groups in total.